The molecule has 0 saturated heterocycles. The maximum Gasteiger partial charge on any atom is 0.242 e. The van der Waals surface area contributed by atoms with Gasteiger partial charge in [-0.25, -0.2) is 0 Å². The first-order valence-corrected chi connectivity index (χ1v) is 8.81. The molecule has 25 heavy (non-hydrogen) atoms. The second-order valence-corrected chi connectivity index (χ2v) is 5.74. The number of ether oxygens (including phenoxy) is 2. The Bertz CT molecular complexity index is 531. The molecule has 1 atom stereocenters. The normalized spacial score (nSPS) is 11.7. The first-order valence-electron chi connectivity index (χ1n) is 8.81. The molecule has 0 aromatic heterocycles. The van der Waals surface area contributed by atoms with Crippen LogP contribution in [0.5, 0.6) is 5.75 Å². The van der Waals surface area contributed by atoms with Crippen molar-refractivity contribution in [2.75, 3.05) is 26.9 Å². The van der Waals surface area contributed by atoms with Crippen LogP contribution >= 0.6 is 0 Å². The van der Waals surface area contributed by atoms with Crippen molar-refractivity contribution in [1.29, 1.82) is 0 Å². The molecule has 0 bridgehead atoms. The molecule has 6 nitrogen and oxygen atoms in total. The van der Waals surface area contributed by atoms with Gasteiger partial charge in [0.2, 0.25) is 11.8 Å². The minimum Gasteiger partial charge on any atom is -0.497 e. The number of rotatable bonds is 11. The molecule has 1 aromatic rings. The molecule has 2 amide bonds. The molecule has 0 radical (unpaired) electrons. The lowest BCUT2D eigenvalue weighted by Crippen LogP contribution is -2.47. The van der Waals surface area contributed by atoms with Gasteiger partial charge >= 0.3 is 0 Å². The number of amides is 2. The van der Waals surface area contributed by atoms with Crippen LogP contribution < -0.4 is 10.1 Å². The highest BCUT2D eigenvalue weighted by Gasteiger charge is 2.24. The SMILES string of the molecule is CCOCCCNC(=O)[C@@H](C)N(Cc1ccc(OC)cc1)C(=O)CC. The van der Waals surface area contributed by atoms with Gasteiger partial charge in [0.15, 0.2) is 0 Å². The summed E-state index contributed by atoms with van der Waals surface area (Å²) in [5.41, 5.74) is 0.957. The highest BCUT2D eigenvalue weighted by Crippen LogP contribution is 2.15. The van der Waals surface area contributed by atoms with Gasteiger partial charge in [-0.1, -0.05) is 19.1 Å². The predicted molar refractivity (Wildman–Crippen MR) is 97.4 cm³/mol. The summed E-state index contributed by atoms with van der Waals surface area (Å²) in [6.07, 6.45) is 1.12. The number of carbonyl (C=O) groups excluding carboxylic acids is 2. The number of methoxy groups -OCH3 is 1. The minimum absolute atomic E-state index is 0.0483. The van der Waals surface area contributed by atoms with E-state index in [1.165, 1.54) is 0 Å². The summed E-state index contributed by atoms with van der Waals surface area (Å²) in [5, 5.41) is 2.87. The Morgan fingerprint density at radius 2 is 1.88 bits per heavy atom. The number of benzene rings is 1. The molecule has 0 aliphatic rings. The van der Waals surface area contributed by atoms with Gasteiger partial charge in [-0.3, -0.25) is 9.59 Å². The van der Waals surface area contributed by atoms with Gasteiger partial charge < -0.3 is 19.7 Å². The number of hydrogen-bond donors (Lipinski definition) is 1. The largest absolute Gasteiger partial charge is 0.497 e. The average molecular weight is 350 g/mol. The lowest BCUT2D eigenvalue weighted by Gasteiger charge is -2.28. The lowest BCUT2D eigenvalue weighted by atomic mass is 10.1. The fourth-order valence-electron chi connectivity index (χ4n) is 2.39. The molecule has 0 spiro atoms. The molecule has 1 aromatic carbocycles. The molecule has 6 heteroatoms. The third-order valence-electron chi connectivity index (χ3n) is 3.95. The Hall–Kier alpha value is -2.08. The summed E-state index contributed by atoms with van der Waals surface area (Å²) < 4.78 is 10.4. The van der Waals surface area contributed by atoms with E-state index in [-0.39, 0.29) is 11.8 Å². The minimum atomic E-state index is -0.526. The van der Waals surface area contributed by atoms with E-state index in [2.05, 4.69) is 5.32 Å². The van der Waals surface area contributed by atoms with Crippen LogP contribution in [-0.4, -0.2) is 49.6 Å². The molecule has 1 N–H and O–H groups in total. The highest BCUT2D eigenvalue weighted by atomic mass is 16.5. The van der Waals surface area contributed by atoms with Gasteiger partial charge in [0.05, 0.1) is 7.11 Å². The highest BCUT2D eigenvalue weighted by molar-refractivity contribution is 5.87. The zero-order valence-corrected chi connectivity index (χ0v) is 15.7. The predicted octanol–water partition coefficient (Wildman–Crippen LogP) is 2.37. The van der Waals surface area contributed by atoms with Gasteiger partial charge in [0.25, 0.3) is 0 Å². The standard InChI is InChI=1S/C19H30N2O4/c1-5-18(22)21(14-16-8-10-17(24-4)11-9-16)15(3)19(23)20-12-7-13-25-6-2/h8-11,15H,5-7,12-14H2,1-4H3,(H,20,23)/t15-/m1/s1. The third-order valence-corrected chi connectivity index (χ3v) is 3.95. The Kier molecular flexibility index (Phi) is 9.62. The van der Waals surface area contributed by atoms with E-state index in [9.17, 15) is 9.59 Å². The molecule has 0 saturated carbocycles. The van der Waals surface area contributed by atoms with E-state index in [1.54, 1.807) is 25.9 Å². The topological polar surface area (TPSA) is 67.9 Å². The van der Waals surface area contributed by atoms with Gasteiger partial charge in [0, 0.05) is 32.7 Å². The van der Waals surface area contributed by atoms with E-state index >= 15 is 0 Å². The van der Waals surface area contributed by atoms with Crippen LogP contribution in [-0.2, 0) is 20.9 Å². The number of carbonyl (C=O) groups is 2. The molecule has 0 heterocycles. The first-order chi connectivity index (χ1) is 12.0. The lowest BCUT2D eigenvalue weighted by molar-refractivity contribution is -0.140. The molecule has 0 aliphatic carbocycles. The number of nitrogens with zero attached hydrogens (tertiary/aromatic N) is 1. The molecule has 1 rings (SSSR count). The maximum absolute atomic E-state index is 12.4. The number of nitrogens with one attached hydrogen (secondary N) is 1. The van der Waals surface area contributed by atoms with Crippen molar-refractivity contribution in [3.63, 3.8) is 0 Å². The van der Waals surface area contributed by atoms with E-state index in [4.69, 9.17) is 9.47 Å². The summed E-state index contributed by atoms with van der Waals surface area (Å²) >= 11 is 0. The van der Waals surface area contributed by atoms with Gasteiger partial charge in [0.1, 0.15) is 11.8 Å². The Labute approximate surface area is 150 Å². The van der Waals surface area contributed by atoms with E-state index in [0.29, 0.717) is 32.7 Å². The van der Waals surface area contributed by atoms with Gasteiger partial charge in [-0.2, -0.15) is 0 Å². The van der Waals surface area contributed by atoms with Crippen molar-refractivity contribution in [1.82, 2.24) is 10.2 Å². The summed E-state index contributed by atoms with van der Waals surface area (Å²) in [5.74, 6) is 0.566. The van der Waals surface area contributed by atoms with Crippen LogP contribution in [0.25, 0.3) is 0 Å². The summed E-state index contributed by atoms with van der Waals surface area (Å²) in [7, 11) is 1.61. The Morgan fingerprint density at radius 3 is 2.44 bits per heavy atom. The molecule has 0 unspecified atom stereocenters. The molecule has 0 aliphatic heterocycles. The average Bonchev–Trinajstić information content (AvgIpc) is 2.65. The molecule has 140 valence electrons. The fourth-order valence-corrected chi connectivity index (χ4v) is 2.39. The third kappa shape index (κ3) is 7.13. The van der Waals surface area contributed by atoms with Gasteiger partial charge in [-0.15, -0.1) is 0 Å². The smallest absolute Gasteiger partial charge is 0.242 e. The van der Waals surface area contributed by atoms with E-state index in [1.807, 2.05) is 31.2 Å². The zero-order chi connectivity index (χ0) is 18.7. The van der Waals surface area contributed by atoms with Crippen molar-refractivity contribution in [3.8, 4) is 5.75 Å². The van der Waals surface area contributed by atoms with Crippen molar-refractivity contribution in [2.24, 2.45) is 0 Å². The second kappa shape index (κ2) is 11.5. The summed E-state index contributed by atoms with van der Waals surface area (Å²) in [4.78, 5) is 26.3. The van der Waals surface area contributed by atoms with Crippen LogP contribution in [0.4, 0.5) is 0 Å². The van der Waals surface area contributed by atoms with Crippen molar-refractivity contribution in [3.05, 3.63) is 29.8 Å². The van der Waals surface area contributed by atoms with Crippen LogP contribution in [0, 0.1) is 0 Å². The van der Waals surface area contributed by atoms with Gasteiger partial charge in [-0.05, 0) is 38.0 Å². The quantitative estimate of drug-likeness (QED) is 0.622. The molecular formula is C19H30N2O4. The Balaban J connectivity index is 2.66. The Morgan fingerprint density at radius 1 is 1.20 bits per heavy atom. The first kappa shape index (κ1) is 21.0. The van der Waals surface area contributed by atoms with Crippen molar-refractivity contribution in [2.45, 2.75) is 46.2 Å². The summed E-state index contributed by atoms with van der Waals surface area (Å²) in [6, 6.07) is 6.98. The monoisotopic (exact) mass is 350 g/mol. The maximum atomic E-state index is 12.4. The van der Waals surface area contributed by atoms with E-state index in [0.717, 1.165) is 17.7 Å². The van der Waals surface area contributed by atoms with Crippen molar-refractivity contribution < 1.29 is 19.1 Å². The van der Waals surface area contributed by atoms with Crippen LogP contribution in [0.15, 0.2) is 24.3 Å². The summed E-state index contributed by atoms with van der Waals surface area (Å²) in [6.45, 7) is 7.72. The van der Waals surface area contributed by atoms with Crippen LogP contribution in [0.1, 0.15) is 39.2 Å². The fraction of sp³-hybridized carbons (Fsp3) is 0.579. The van der Waals surface area contributed by atoms with E-state index < -0.39 is 6.04 Å². The number of hydrogen-bond acceptors (Lipinski definition) is 4. The van der Waals surface area contributed by atoms with Crippen LogP contribution in [0.2, 0.25) is 0 Å². The van der Waals surface area contributed by atoms with Crippen molar-refractivity contribution >= 4 is 11.8 Å². The molecule has 0 fully saturated rings. The second-order valence-electron chi connectivity index (χ2n) is 5.74. The molecular weight excluding hydrogens is 320 g/mol. The van der Waals surface area contributed by atoms with Crippen LogP contribution in [0.3, 0.4) is 0 Å². The zero-order valence-electron chi connectivity index (χ0n) is 15.7.